The van der Waals surface area contributed by atoms with Gasteiger partial charge in [-0.25, -0.2) is 8.78 Å². The van der Waals surface area contributed by atoms with Crippen LogP contribution in [0, 0.1) is 24.5 Å². The fourth-order valence-corrected chi connectivity index (χ4v) is 4.10. The number of hydrogen-bond donors (Lipinski definition) is 2. The second-order valence-corrected chi connectivity index (χ2v) is 8.20. The van der Waals surface area contributed by atoms with Crippen molar-refractivity contribution in [3.63, 3.8) is 0 Å². The summed E-state index contributed by atoms with van der Waals surface area (Å²) in [6.07, 6.45) is 0.457. The van der Waals surface area contributed by atoms with Gasteiger partial charge in [-0.15, -0.1) is 0 Å². The van der Waals surface area contributed by atoms with E-state index >= 15 is 4.39 Å². The molecule has 2 N–H and O–H groups in total. The molecule has 31 heavy (non-hydrogen) atoms. The molecule has 0 amide bonds. The molecule has 0 bridgehead atoms. The number of aliphatic carboxylic acids is 1. The number of nitrogens with zero attached hydrogens (tertiary/aromatic N) is 1. The summed E-state index contributed by atoms with van der Waals surface area (Å²) in [4.78, 5) is 25.4. The minimum atomic E-state index is -1.32. The molecule has 2 aromatic carbocycles. The standard InChI is InChI=1S/C22H19Cl2F2NO4/c1-4-9(2)16(22(30)31)17-10(3)27(15-8-14(25)20(28)19(26)18(15)17)21(29)11-5-6-12(23)13(24)7-11/h5-9,16,28H,4H2,1-3H3,(H,30,31). The molecule has 2 atom stereocenters. The van der Waals surface area contributed by atoms with Gasteiger partial charge >= 0.3 is 5.97 Å². The highest BCUT2D eigenvalue weighted by atomic mass is 35.5. The molecule has 0 aliphatic rings. The van der Waals surface area contributed by atoms with E-state index in [1.165, 1.54) is 25.1 Å². The van der Waals surface area contributed by atoms with Gasteiger partial charge in [-0.1, -0.05) is 43.5 Å². The van der Waals surface area contributed by atoms with Crippen molar-refractivity contribution in [2.75, 3.05) is 0 Å². The van der Waals surface area contributed by atoms with Crippen LogP contribution in [0.5, 0.6) is 5.75 Å². The molecule has 164 valence electrons. The number of carboxylic acids is 1. The highest BCUT2D eigenvalue weighted by molar-refractivity contribution is 6.42. The molecule has 0 spiro atoms. The van der Waals surface area contributed by atoms with Crippen molar-refractivity contribution in [1.82, 2.24) is 4.57 Å². The molecule has 0 saturated heterocycles. The van der Waals surface area contributed by atoms with Crippen LogP contribution >= 0.6 is 23.2 Å². The van der Waals surface area contributed by atoms with Crippen molar-refractivity contribution in [3.8, 4) is 5.75 Å². The van der Waals surface area contributed by atoms with Gasteiger partial charge in [0.25, 0.3) is 5.91 Å². The van der Waals surface area contributed by atoms with Crippen molar-refractivity contribution in [2.45, 2.75) is 33.1 Å². The van der Waals surface area contributed by atoms with Crippen LogP contribution in [0.15, 0.2) is 24.3 Å². The van der Waals surface area contributed by atoms with Gasteiger partial charge in [0, 0.05) is 22.7 Å². The van der Waals surface area contributed by atoms with E-state index in [0.29, 0.717) is 6.42 Å². The first-order valence-corrected chi connectivity index (χ1v) is 10.2. The summed E-state index contributed by atoms with van der Waals surface area (Å²) in [5.74, 6) is -7.33. The molecule has 5 nitrogen and oxygen atoms in total. The van der Waals surface area contributed by atoms with Gasteiger partial charge in [0.15, 0.2) is 17.4 Å². The maximum absolute atomic E-state index is 15.0. The van der Waals surface area contributed by atoms with Gasteiger partial charge in [0.2, 0.25) is 0 Å². The van der Waals surface area contributed by atoms with E-state index in [0.717, 1.165) is 10.6 Å². The predicted octanol–water partition coefficient (Wildman–Crippen LogP) is 6.14. The fourth-order valence-electron chi connectivity index (χ4n) is 3.80. The van der Waals surface area contributed by atoms with Crippen LogP contribution < -0.4 is 0 Å². The Morgan fingerprint density at radius 3 is 2.35 bits per heavy atom. The number of fused-ring (bicyclic) bond motifs is 1. The van der Waals surface area contributed by atoms with Crippen LogP contribution in [0.3, 0.4) is 0 Å². The molecule has 0 fully saturated rings. The lowest BCUT2D eigenvalue weighted by Crippen LogP contribution is -2.21. The third-order valence-corrected chi connectivity index (χ3v) is 6.31. The smallest absolute Gasteiger partial charge is 0.311 e. The van der Waals surface area contributed by atoms with E-state index in [4.69, 9.17) is 23.2 Å². The monoisotopic (exact) mass is 469 g/mol. The molecule has 3 aromatic rings. The number of aromatic nitrogens is 1. The topological polar surface area (TPSA) is 79.5 Å². The summed E-state index contributed by atoms with van der Waals surface area (Å²) in [6.45, 7) is 4.92. The number of rotatable bonds is 5. The third kappa shape index (κ3) is 3.77. The van der Waals surface area contributed by atoms with E-state index in [1.807, 2.05) is 0 Å². The minimum absolute atomic E-state index is 0.0121. The van der Waals surface area contributed by atoms with Gasteiger partial charge in [-0.3, -0.25) is 14.2 Å². The van der Waals surface area contributed by atoms with Crippen LogP contribution in [0.2, 0.25) is 10.0 Å². The quantitative estimate of drug-likeness (QED) is 0.469. The fraction of sp³-hybridized carbons (Fsp3) is 0.273. The zero-order valence-corrected chi connectivity index (χ0v) is 18.4. The third-order valence-electron chi connectivity index (χ3n) is 5.57. The number of halogens is 4. The predicted molar refractivity (Wildman–Crippen MR) is 114 cm³/mol. The highest BCUT2D eigenvalue weighted by Gasteiger charge is 2.35. The lowest BCUT2D eigenvalue weighted by atomic mass is 9.84. The lowest BCUT2D eigenvalue weighted by Gasteiger charge is -2.20. The Morgan fingerprint density at radius 1 is 1.16 bits per heavy atom. The van der Waals surface area contributed by atoms with Crippen molar-refractivity contribution in [1.29, 1.82) is 0 Å². The summed E-state index contributed by atoms with van der Waals surface area (Å²) in [6, 6.07) is 4.94. The van der Waals surface area contributed by atoms with Crippen LogP contribution in [-0.2, 0) is 4.79 Å². The molecule has 0 aliphatic carbocycles. The van der Waals surface area contributed by atoms with E-state index in [9.17, 15) is 24.2 Å². The Hall–Kier alpha value is -2.64. The maximum Gasteiger partial charge on any atom is 0.311 e. The Balaban J connectivity index is 2.42. The van der Waals surface area contributed by atoms with E-state index < -0.39 is 41.1 Å². The molecule has 1 aromatic heterocycles. The van der Waals surface area contributed by atoms with Crippen LogP contribution in [0.25, 0.3) is 10.9 Å². The number of carbonyl (C=O) groups is 2. The molecule has 0 aliphatic heterocycles. The van der Waals surface area contributed by atoms with Crippen molar-refractivity contribution >= 4 is 46.0 Å². The van der Waals surface area contributed by atoms with Gasteiger partial charge in [0.05, 0.1) is 21.5 Å². The van der Waals surface area contributed by atoms with E-state index in [2.05, 4.69) is 0 Å². The molecule has 1 heterocycles. The first kappa shape index (κ1) is 23.0. The SMILES string of the molecule is CCC(C)C(C(=O)O)c1c(C)n(C(=O)c2ccc(Cl)c(Cl)c2)c2cc(F)c(O)c(F)c12. The van der Waals surface area contributed by atoms with Crippen LogP contribution in [0.4, 0.5) is 8.78 Å². The van der Waals surface area contributed by atoms with Gasteiger partial charge < -0.3 is 10.2 Å². The van der Waals surface area contributed by atoms with Gasteiger partial charge in [0.1, 0.15) is 0 Å². The lowest BCUT2D eigenvalue weighted by molar-refractivity contribution is -0.140. The summed E-state index contributed by atoms with van der Waals surface area (Å²) in [5, 5.41) is 19.7. The summed E-state index contributed by atoms with van der Waals surface area (Å²) in [7, 11) is 0. The molecule has 2 unspecified atom stereocenters. The summed E-state index contributed by atoms with van der Waals surface area (Å²) in [5.41, 5.74) is 0.0388. The number of carboxylic acid groups (broad SMARTS) is 1. The van der Waals surface area contributed by atoms with E-state index in [1.54, 1.807) is 13.8 Å². The highest BCUT2D eigenvalue weighted by Crippen LogP contribution is 2.41. The van der Waals surface area contributed by atoms with Crippen LogP contribution in [-0.4, -0.2) is 26.7 Å². The zero-order valence-electron chi connectivity index (χ0n) is 16.8. The average molecular weight is 470 g/mol. The molecule has 3 rings (SSSR count). The van der Waals surface area contributed by atoms with Gasteiger partial charge in [-0.05, 0) is 36.6 Å². The van der Waals surface area contributed by atoms with Gasteiger partial charge in [-0.2, -0.15) is 0 Å². The molecular formula is C22H19Cl2F2NO4. The molecular weight excluding hydrogens is 451 g/mol. The van der Waals surface area contributed by atoms with Crippen molar-refractivity contribution in [2.24, 2.45) is 5.92 Å². The number of phenols is 1. The molecule has 0 saturated carbocycles. The Morgan fingerprint density at radius 2 is 1.81 bits per heavy atom. The minimum Gasteiger partial charge on any atom is -0.503 e. The largest absolute Gasteiger partial charge is 0.503 e. The summed E-state index contributed by atoms with van der Waals surface area (Å²) < 4.78 is 30.3. The van der Waals surface area contributed by atoms with Crippen molar-refractivity contribution in [3.05, 3.63) is 62.8 Å². The normalized spacial score (nSPS) is 13.4. The molecule has 9 heteroatoms. The number of phenolic OH excluding ortho intramolecular Hbond substituents is 1. The Bertz CT molecular complexity index is 1220. The van der Waals surface area contributed by atoms with Crippen LogP contribution in [0.1, 0.15) is 47.8 Å². The first-order valence-electron chi connectivity index (χ1n) is 9.45. The number of benzene rings is 2. The Kier molecular flexibility index (Phi) is 6.30. The maximum atomic E-state index is 15.0. The summed E-state index contributed by atoms with van der Waals surface area (Å²) >= 11 is 11.9. The second kappa shape index (κ2) is 8.48. The molecule has 0 radical (unpaired) electrons. The second-order valence-electron chi connectivity index (χ2n) is 7.39. The number of aromatic hydroxyl groups is 1. The first-order chi connectivity index (χ1) is 14.5. The number of hydrogen-bond acceptors (Lipinski definition) is 3. The zero-order chi connectivity index (χ0) is 23.2. The van der Waals surface area contributed by atoms with Crippen molar-refractivity contribution < 1.29 is 28.6 Å². The Labute approximate surface area is 186 Å². The van der Waals surface area contributed by atoms with E-state index in [-0.39, 0.29) is 37.8 Å². The average Bonchev–Trinajstić information content (AvgIpc) is 2.99. The number of carbonyl (C=O) groups excluding carboxylic acids is 1.